The van der Waals surface area contributed by atoms with Crippen LogP contribution in [0.2, 0.25) is 0 Å². The number of primary sulfonamides is 1. The van der Waals surface area contributed by atoms with Crippen LogP contribution >= 0.6 is 11.8 Å². The maximum atomic E-state index is 13.4. The highest BCUT2D eigenvalue weighted by molar-refractivity contribution is 8.00. The van der Waals surface area contributed by atoms with E-state index in [2.05, 4.69) is 16.0 Å². The van der Waals surface area contributed by atoms with Gasteiger partial charge in [-0.2, -0.15) is 0 Å². The SMILES string of the molecule is Cc1ccc(-c2ccc(C=C(NC(=O)c3ccccc3)C(=O)Nc3ccc(SCC(=O)Nc4ccc(S(N)(=O)=O)cc4)cc3)o2)cc1. The minimum Gasteiger partial charge on any atom is -0.457 e. The first kappa shape index (κ1) is 32.9. The van der Waals surface area contributed by atoms with E-state index in [0.29, 0.717) is 28.5 Å². The van der Waals surface area contributed by atoms with Gasteiger partial charge in [-0.25, -0.2) is 13.6 Å². The van der Waals surface area contributed by atoms with Crippen molar-refractivity contribution in [2.24, 2.45) is 5.14 Å². The van der Waals surface area contributed by atoms with Crippen molar-refractivity contribution < 1.29 is 27.2 Å². The molecule has 0 atom stereocenters. The minimum absolute atomic E-state index is 0.0177. The molecule has 0 spiro atoms. The number of furan rings is 1. The van der Waals surface area contributed by atoms with Gasteiger partial charge in [0.2, 0.25) is 15.9 Å². The average molecular weight is 667 g/mol. The number of nitrogens with two attached hydrogens (primary N) is 1. The zero-order valence-corrected chi connectivity index (χ0v) is 26.7. The fourth-order valence-electron chi connectivity index (χ4n) is 4.29. The molecule has 0 aliphatic rings. The number of amides is 3. The monoisotopic (exact) mass is 666 g/mol. The van der Waals surface area contributed by atoms with Crippen LogP contribution in [-0.2, 0) is 19.6 Å². The number of rotatable bonds is 11. The summed E-state index contributed by atoms with van der Waals surface area (Å²) in [5.41, 5.74) is 3.27. The molecule has 0 bridgehead atoms. The van der Waals surface area contributed by atoms with Gasteiger partial charge in [0.15, 0.2) is 0 Å². The predicted molar refractivity (Wildman–Crippen MR) is 183 cm³/mol. The van der Waals surface area contributed by atoms with Gasteiger partial charge in [-0.3, -0.25) is 14.4 Å². The minimum atomic E-state index is -3.82. The lowest BCUT2D eigenvalue weighted by Crippen LogP contribution is -2.30. The van der Waals surface area contributed by atoms with Crippen LogP contribution in [0.1, 0.15) is 21.7 Å². The number of hydrogen-bond acceptors (Lipinski definition) is 7. The molecular formula is C35H30N4O6S2. The van der Waals surface area contributed by atoms with E-state index in [0.717, 1.165) is 16.0 Å². The van der Waals surface area contributed by atoms with E-state index in [1.165, 1.54) is 42.1 Å². The molecule has 47 heavy (non-hydrogen) atoms. The molecule has 0 saturated heterocycles. The molecule has 0 radical (unpaired) electrons. The van der Waals surface area contributed by atoms with E-state index in [4.69, 9.17) is 9.56 Å². The first-order valence-corrected chi connectivity index (χ1v) is 16.8. The van der Waals surface area contributed by atoms with Crippen molar-refractivity contribution in [2.45, 2.75) is 16.7 Å². The number of anilines is 2. The molecule has 0 unspecified atom stereocenters. The Morgan fingerprint density at radius 2 is 1.43 bits per heavy atom. The number of sulfonamides is 1. The molecule has 0 aliphatic heterocycles. The predicted octanol–water partition coefficient (Wildman–Crippen LogP) is 6.04. The Labute approximate surface area is 276 Å². The van der Waals surface area contributed by atoms with Crippen molar-refractivity contribution in [3.63, 3.8) is 0 Å². The molecule has 5 aromatic rings. The van der Waals surface area contributed by atoms with E-state index < -0.39 is 21.8 Å². The Morgan fingerprint density at radius 3 is 2.09 bits per heavy atom. The fraction of sp³-hybridized carbons (Fsp3) is 0.0571. The lowest BCUT2D eigenvalue weighted by atomic mass is 10.1. The van der Waals surface area contributed by atoms with Gasteiger partial charge in [0, 0.05) is 33.5 Å². The van der Waals surface area contributed by atoms with Crippen molar-refractivity contribution in [1.82, 2.24) is 5.32 Å². The number of carbonyl (C=O) groups excluding carboxylic acids is 3. The number of benzene rings is 4. The first-order valence-electron chi connectivity index (χ1n) is 14.3. The molecular weight excluding hydrogens is 637 g/mol. The van der Waals surface area contributed by atoms with Gasteiger partial charge in [0.25, 0.3) is 11.8 Å². The van der Waals surface area contributed by atoms with Crippen LogP contribution in [0, 0.1) is 6.92 Å². The van der Waals surface area contributed by atoms with E-state index in [1.54, 1.807) is 66.7 Å². The smallest absolute Gasteiger partial charge is 0.272 e. The van der Waals surface area contributed by atoms with Crippen LogP contribution in [0.3, 0.4) is 0 Å². The summed E-state index contributed by atoms with van der Waals surface area (Å²) in [4.78, 5) is 39.5. The van der Waals surface area contributed by atoms with Crippen molar-refractivity contribution >= 4 is 57.0 Å². The topological polar surface area (TPSA) is 161 Å². The van der Waals surface area contributed by atoms with Crippen LogP contribution < -0.4 is 21.1 Å². The summed E-state index contributed by atoms with van der Waals surface area (Å²) in [6.45, 7) is 2.00. The summed E-state index contributed by atoms with van der Waals surface area (Å²) in [7, 11) is -3.82. The molecule has 0 saturated carbocycles. The van der Waals surface area contributed by atoms with E-state index in [-0.39, 0.29) is 22.3 Å². The second kappa shape index (κ2) is 14.8. The molecule has 5 N–H and O–H groups in total. The Morgan fingerprint density at radius 1 is 0.787 bits per heavy atom. The summed E-state index contributed by atoms with van der Waals surface area (Å²) < 4.78 is 28.8. The summed E-state index contributed by atoms with van der Waals surface area (Å²) in [6, 6.07) is 32.3. The first-order chi connectivity index (χ1) is 22.5. The highest BCUT2D eigenvalue weighted by Gasteiger charge is 2.17. The van der Waals surface area contributed by atoms with Crippen LogP contribution in [-0.4, -0.2) is 31.9 Å². The van der Waals surface area contributed by atoms with E-state index in [9.17, 15) is 22.8 Å². The van der Waals surface area contributed by atoms with Crippen molar-refractivity contribution in [3.05, 3.63) is 138 Å². The van der Waals surface area contributed by atoms with Crippen LogP contribution in [0.25, 0.3) is 17.4 Å². The summed E-state index contributed by atoms with van der Waals surface area (Å²) >= 11 is 1.28. The zero-order valence-electron chi connectivity index (χ0n) is 25.1. The summed E-state index contributed by atoms with van der Waals surface area (Å²) in [5, 5.41) is 13.3. The highest BCUT2D eigenvalue weighted by Crippen LogP contribution is 2.25. The number of nitrogens with one attached hydrogen (secondary N) is 3. The van der Waals surface area contributed by atoms with Gasteiger partial charge in [-0.1, -0.05) is 48.0 Å². The number of carbonyl (C=O) groups is 3. The fourth-order valence-corrected chi connectivity index (χ4v) is 5.51. The van der Waals surface area contributed by atoms with Gasteiger partial charge < -0.3 is 20.4 Å². The molecule has 5 rings (SSSR count). The van der Waals surface area contributed by atoms with Gasteiger partial charge in [-0.05, 0) is 79.7 Å². The van der Waals surface area contributed by atoms with Crippen LogP contribution in [0.15, 0.2) is 135 Å². The van der Waals surface area contributed by atoms with Crippen molar-refractivity contribution in [2.75, 3.05) is 16.4 Å². The number of thioether (sulfide) groups is 1. The Bertz CT molecular complexity index is 2020. The van der Waals surface area contributed by atoms with Gasteiger partial charge in [0.05, 0.1) is 10.6 Å². The number of hydrogen-bond donors (Lipinski definition) is 4. The zero-order chi connectivity index (χ0) is 33.4. The third kappa shape index (κ3) is 9.30. The second-order valence-electron chi connectivity index (χ2n) is 10.3. The molecule has 238 valence electrons. The Balaban J connectivity index is 1.24. The number of aryl methyl sites for hydroxylation is 1. The second-order valence-corrected chi connectivity index (χ2v) is 12.9. The van der Waals surface area contributed by atoms with Gasteiger partial charge in [-0.15, -0.1) is 11.8 Å². The summed E-state index contributed by atoms with van der Waals surface area (Å²) in [5.74, 6) is -0.215. The van der Waals surface area contributed by atoms with Crippen LogP contribution in [0.5, 0.6) is 0 Å². The summed E-state index contributed by atoms with van der Waals surface area (Å²) in [6.07, 6.45) is 1.47. The molecule has 0 fully saturated rings. The normalized spacial score (nSPS) is 11.5. The quantitative estimate of drug-likeness (QED) is 0.0987. The largest absolute Gasteiger partial charge is 0.457 e. The Kier molecular flexibility index (Phi) is 10.4. The molecule has 10 nitrogen and oxygen atoms in total. The highest BCUT2D eigenvalue weighted by atomic mass is 32.2. The molecule has 3 amide bonds. The van der Waals surface area contributed by atoms with Crippen molar-refractivity contribution in [3.8, 4) is 11.3 Å². The maximum Gasteiger partial charge on any atom is 0.272 e. The standard InChI is InChI=1S/C35H30N4O6S2/c1-23-7-9-24(10-8-23)32-20-15-28(45-32)21-31(39-34(41)25-5-3-2-4-6-25)35(42)38-27-11-16-29(17-12-27)46-22-33(40)37-26-13-18-30(19-14-26)47(36,43)44/h2-21H,22H2,1H3,(H,37,40)(H,38,42)(H,39,41)(H2,36,43,44). The molecule has 0 aliphatic carbocycles. The molecule has 1 heterocycles. The lowest BCUT2D eigenvalue weighted by Gasteiger charge is -2.11. The third-order valence-electron chi connectivity index (χ3n) is 6.73. The van der Waals surface area contributed by atoms with E-state index >= 15 is 0 Å². The van der Waals surface area contributed by atoms with E-state index in [1.807, 2.05) is 31.2 Å². The van der Waals surface area contributed by atoms with Crippen molar-refractivity contribution in [1.29, 1.82) is 0 Å². The van der Waals surface area contributed by atoms with Gasteiger partial charge >= 0.3 is 0 Å². The molecule has 1 aromatic heterocycles. The molecule has 12 heteroatoms. The molecule has 4 aromatic carbocycles. The Hall–Kier alpha value is -5.43. The lowest BCUT2D eigenvalue weighted by molar-refractivity contribution is -0.114. The maximum absolute atomic E-state index is 13.4. The van der Waals surface area contributed by atoms with Gasteiger partial charge in [0.1, 0.15) is 17.2 Å². The third-order valence-corrected chi connectivity index (χ3v) is 8.67. The average Bonchev–Trinajstić information content (AvgIpc) is 3.53. The van der Waals surface area contributed by atoms with Crippen LogP contribution in [0.4, 0.5) is 11.4 Å².